The summed E-state index contributed by atoms with van der Waals surface area (Å²) in [5.41, 5.74) is 2.29. The second-order valence-corrected chi connectivity index (χ2v) is 8.37. The third-order valence-corrected chi connectivity index (χ3v) is 5.85. The van der Waals surface area contributed by atoms with Crippen LogP contribution >= 0.6 is 11.6 Å². The largest absolute Gasteiger partial charge is 0.466 e. The van der Waals surface area contributed by atoms with Gasteiger partial charge >= 0.3 is 5.97 Å². The summed E-state index contributed by atoms with van der Waals surface area (Å²) in [4.78, 5) is 37.8. The molecule has 7 nitrogen and oxygen atoms in total. The number of carbonyl (C=O) groups excluding carboxylic acids is 2. The Morgan fingerprint density at radius 3 is 2.31 bits per heavy atom. The third kappa shape index (κ3) is 5.72. The maximum absolute atomic E-state index is 13.2. The van der Waals surface area contributed by atoms with E-state index in [1.165, 1.54) is 16.8 Å². The van der Waals surface area contributed by atoms with Crippen LogP contribution in [0.15, 0.2) is 83.7 Å². The van der Waals surface area contributed by atoms with Gasteiger partial charge in [-0.1, -0.05) is 60.1 Å². The van der Waals surface area contributed by atoms with Gasteiger partial charge in [0.2, 0.25) is 0 Å². The highest BCUT2D eigenvalue weighted by atomic mass is 35.5. The quantitative estimate of drug-likeness (QED) is 0.326. The number of carbonyl (C=O) groups is 2. The molecule has 184 valence electrons. The molecule has 0 bridgehead atoms. The van der Waals surface area contributed by atoms with Gasteiger partial charge in [0.25, 0.3) is 11.5 Å². The third-order valence-electron chi connectivity index (χ3n) is 5.53. The first-order valence-electron chi connectivity index (χ1n) is 11.2. The van der Waals surface area contributed by atoms with Crippen molar-refractivity contribution in [3.63, 3.8) is 0 Å². The van der Waals surface area contributed by atoms with E-state index < -0.39 is 23.5 Å². The highest BCUT2D eigenvalue weighted by Crippen LogP contribution is 2.25. The Morgan fingerprint density at radius 2 is 1.67 bits per heavy atom. The fourth-order valence-corrected chi connectivity index (χ4v) is 3.97. The molecule has 1 aromatic heterocycles. The molecule has 0 aliphatic heterocycles. The molecule has 2 N–H and O–H groups in total. The van der Waals surface area contributed by atoms with Gasteiger partial charge in [0.1, 0.15) is 11.5 Å². The number of amides is 1. The Morgan fingerprint density at radius 1 is 1.03 bits per heavy atom. The number of ether oxygens (including phenoxy) is 1. The fraction of sp³-hybridized carbons (Fsp3) is 0.148. The number of H-pyrrole nitrogens is 1. The summed E-state index contributed by atoms with van der Waals surface area (Å²) in [5.74, 6) is -1.38. The summed E-state index contributed by atoms with van der Waals surface area (Å²) in [5, 5.41) is 5.92. The predicted molar refractivity (Wildman–Crippen MR) is 135 cm³/mol. The summed E-state index contributed by atoms with van der Waals surface area (Å²) < 4.78 is 19.5. The molecule has 3 aromatic carbocycles. The molecule has 1 heterocycles. The van der Waals surface area contributed by atoms with E-state index >= 15 is 0 Å². The van der Waals surface area contributed by atoms with Crippen molar-refractivity contribution >= 4 is 23.5 Å². The number of halogens is 2. The van der Waals surface area contributed by atoms with Crippen LogP contribution in [0.1, 0.15) is 35.4 Å². The highest BCUT2D eigenvalue weighted by Gasteiger charge is 2.22. The van der Waals surface area contributed by atoms with Crippen molar-refractivity contribution in [1.82, 2.24) is 15.1 Å². The molecule has 0 spiro atoms. The van der Waals surface area contributed by atoms with Gasteiger partial charge in [0, 0.05) is 6.07 Å². The summed E-state index contributed by atoms with van der Waals surface area (Å²) in [7, 11) is 0. The van der Waals surface area contributed by atoms with Gasteiger partial charge in [-0.05, 0) is 47.9 Å². The molecule has 0 aliphatic rings. The van der Waals surface area contributed by atoms with Gasteiger partial charge in [0.05, 0.1) is 29.8 Å². The van der Waals surface area contributed by atoms with Crippen molar-refractivity contribution in [2.75, 3.05) is 6.61 Å². The first kappa shape index (κ1) is 24.9. The number of nitrogens with zero attached hydrogens (tertiary/aromatic N) is 1. The van der Waals surface area contributed by atoms with E-state index in [-0.39, 0.29) is 24.5 Å². The smallest absolute Gasteiger partial charge is 0.308 e. The van der Waals surface area contributed by atoms with Crippen LogP contribution < -0.4 is 10.9 Å². The molecule has 1 atom stereocenters. The minimum Gasteiger partial charge on any atom is -0.466 e. The maximum atomic E-state index is 13.2. The van der Waals surface area contributed by atoms with Crippen LogP contribution in [-0.4, -0.2) is 28.3 Å². The van der Waals surface area contributed by atoms with Gasteiger partial charge in [0.15, 0.2) is 0 Å². The molecule has 36 heavy (non-hydrogen) atoms. The van der Waals surface area contributed by atoms with Gasteiger partial charge < -0.3 is 10.1 Å². The molecule has 1 unspecified atom stereocenters. The average Bonchev–Trinajstić information content (AvgIpc) is 3.26. The van der Waals surface area contributed by atoms with Gasteiger partial charge in [-0.25, -0.2) is 9.07 Å². The number of esters is 1. The molecule has 0 fully saturated rings. The summed E-state index contributed by atoms with van der Waals surface area (Å²) in [6.45, 7) is 1.90. The van der Waals surface area contributed by atoms with Crippen molar-refractivity contribution < 1.29 is 18.7 Å². The zero-order chi connectivity index (χ0) is 25.7. The normalized spacial score (nSPS) is 11.6. The van der Waals surface area contributed by atoms with Crippen LogP contribution in [-0.2, 0) is 9.53 Å². The van der Waals surface area contributed by atoms with Gasteiger partial charge in [-0.15, -0.1) is 0 Å². The van der Waals surface area contributed by atoms with E-state index in [2.05, 4.69) is 10.4 Å². The first-order chi connectivity index (χ1) is 17.4. The molecule has 9 heteroatoms. The van der Waals surface area contributed by atoms with E-state index in [1.54, 1.807) is 55.5 Å². The van der Waals surface area contributed by atoms with Crippen LogP contribution in [0.4, 0.5) is 4.39 Å². The Labute approximate surface area is 211 Å². The summed E-state index contributed by atoms with van der Waals surface area (Å²) in [6, 6.07) is 20.5. The van der Waals surface area contributed by atoms with Crippen LogP contribution in [0.3, 0.4) is 0 Å². The van der Waals surface area contributed by atoms with Crippen LogP contribution in [0.2, 0.25) is 5.02 Å². The lowest BCUT2D eigenvalue weighted by Gasteiger charge is -2.19. The van der Waals surface area contributed by atoms with Gasteiger partial charge in [-0.2, -0.15) is 0 Å². The molecule has 0 aliphatic carbocycles. The molecule has 4 rings (SSSR count). The summed E-state index contributed by atoms with van der Waals surface area (Å²) >= 11 is 6.19. The Kier molecular flexibility index (Phi) is 7.65. The number of hydrogen-bond acceptors (Lipinski definition) is 4. The number of nitrogens with one attached hydrogen (secondary N) is 2. The van der Waals surface area contributed by atoms with E-state index in [0.29, 0.717) is 16.3 Å². The van der Waals surface area contributed by atoms with Crippen LogP contribution in [0.5, 0.6) is 0 Å². The van der Waals surface area contributed by atoms with Crippen molar-refractivity contribution in [2.45, 2.75) is 19.4 Å². The molecule has 0 saturated heterocycles. The number of benzene rings is 3. The number of rotatable bonds is 8. The molecule has 4 aromatic rings. The maximum Gasteiger partial charge on any atom is 0.308 e. The second-order valence-electron chi connectivity index (χ2n) is 7.96. The van der Waals surface area contributed by atoms with Crippen LogP contribution in [0, 0.1) is 5.82 Å². The van der Waals surface area contributed by atoms with Crippen molar-refractivity contribution in [3.8, 4) is 16.8 Å². The second kappa shape index (κ2) is 11.0. The van der Waals surface area contributed by atoms with E-state index in [9.17, 15) is 18.8 Å². The van der Waals surface area contributed by atoms with Crippen molar-refractivity contribution in [1.29, 1.82) is 0 Å². The lowest BCUT2D eigenvalue weighted by molar-refractivity contribution is -0.143. The fourth-order valence-electron chi connectivity index (χ4n) is 3.75. The topological polar surface area (TPSA) is 93.2 Å². The van der Waals surface area contributed by atoms with Crippen LogP contribution in [0.25, 0.3) is 16.8 Å². The average molecular weight is 508 g/mol. The SMILES string of the molecule is CCOC(=O)CC(NC(=O)c1cc(=O)n(-c2ccccc2Cl)[nH]1)c1ccc(-c2ccc(F)cc2)cc1. The number of hydrogen-bond donors (Lipinski definition) is 2. The van der Waals surface area contributed by atoms with E-state index in [1.807, 2.05) is 12.1 Å². The Balaban J connectivity index is 1.59. The summed E-state index contributed by atoms with van der Waals surface area (Å²) in [6.07, 6.45) is -0.106. The molecule has 1 amide bonds. The molecule has 0 saturated carbocycles. The molecular formula is C27H23ClFN3O4. The van der Waals surface area contributed by atoms with E-state index in [4.69, 9.17) is 16.3 Å². The van der Waals surface area contributed by atoms with Crippen molar-refractivity contribution in [2.24, 2.45) is 0 Å². The van der Waals surface area contributed by atoms with E-state index in [0.717, 1.165) is 17.2 Å². The lowest BCUT2D eigenvalue weighted by Crippen LogP contribution is -2.31. The van der Waals surface area contributed by atoms with Gasteiger partial charge in [-0.3, -0.25) is 19.5 Å². The lowest BCUT2D eigenvalue weighted by atomic mass is 9.99. The minimum atomic E-state index is -0.717. The number of aromatic amines is 1. The predicted octanol–water partition coefficient (Wildman–Crippen LogP) is 5.05. The van der Waals surface area contributed by atoms with Crippen molar-refractivity contribution in [3.05, 3.63) is 111 Å². The first-order valence-corrected chi connectivity index (χ1v) is 11.6. The molecule has 0 radical (unpaired) electrons. The zero-order valence-electron chi connectivity index (χ0n) is 19.3. The highest BCUT2D eigenvalue weighted by molar-refractivity contribution is 6.32. The number of para-hydroxylation sites is 1. The monoisotopic (exact) mass is 507 g/mol. The molecular weight excluding hydrogens is 485 g/mol. The Bertz CT molecular complexity index is 1430. The minimum absolute atomic E-state index is 0.0108. The zero-order valence-corrected chi connectivity index (χ0v) is 20.1. The number of aromatic nitrogens is 2. The Hall–Kier alpha value is -4.17. The standard InChI is InChI=1S/C27H23ClFN3O4/c1-2-36-26(34)16-22(19-9-7-17(8-10-19)18-11-13-20(29)14-12-18)30-27(35)23-15-25(33)32(31-23)24-6-4-3-5-21(24)28/h3-15,22,31H,2,16H2,1H3,(H,30,35).